The summed E-state index contributed by atoms with van der Waals surface area (Å²) in [5.74, 6) is -2.67. The summed E-state index contributed by atoms with van der Waals surface area (Å²) in [6.45, 7) is 1.46. The highest BCUT2D eigenvalue weighted by atomic mass is 32.2. The summed E-state index contributed by atoms with van der Waals surface area (Å²) in [7, 11) is -3.72. The van der Waals surface area contributed by atoms with Crippen LogP contribution in [0.4, 0.5) is 4.39 Å². The van der Waals surface area contributed by atoms with Gasteiger partial charge in [0, 0.05) is 12.4 Å². The first-order valence-corrected chi connectivity index (χ1v) is 7.70. The van der Waals surface area contributed by atoms with Gasteiger partial charge in [-0.3, -0.25) is 4.68 Å². The van der Waals surface area contributed by atoms with Gasteiger partial charge < -0.3 is 5.11 Å². The van der Waals surface area contributed by atoms with Crippen LogP contribution in [0.1, 0.15) is 15.9 Å². The smallest absolute Gasteiger partial charge is 0.338 e. The summed E-state index contributed by atoms with van der Waals surface area (Å²) in [5, 5.41) is 12.8. The van der Waals surface area contributed by atoms with Crippen LogP contribution in [0.2, 0.25) is 0 Å². The number of carboxylic acid groups (broad SMARTS) is 1. The lowest BCUT2D eigenvalue weighted by molar-refractivity contribution is 0.0691. The molecule has 0 radical (unpaired) electrons. The van der Waals surface area contributed by atoms with Gasteiger partial charge in [0.05, 0.1) is 22.8 Å². The number of carbonyl (C=O) groups is 1. The summed E-state index contributed by atoms with van der Waals surface area (Å²) in [4.78, 5) is 10.7. The molecular formula is C13H13FN2O4S. The van der Waals surface area contributed by atoms with Crippen molar-refractivity contribution in [3.05, 3.63) is 47.5 Å². The molecule has 6 nitrogen and oxygen atoms in total. The highest BCUT2D eigenvalue weighted by Gasteiger charge is 2.21. The van der Waals surface area contributed by atoms with Crippen LogP contribution in [0, 0.1) is 12.7 Å². The summed E-state index contributed by atoms with van der Waals surface area (Å²) in [5.41, 5.74) is -0.666. The quantitative estimate of drug-likeness (QED) is 0.845. The van der Waals surface area contributed by atoms with Crippen LogP contribution in [0.3, 0.4) is 0 Å². The van der Waals surface area contributed by atoms with Crippen LogP contribution in [-0.4, -0.2) is 35.0 Å². The van der Waals surface area contributed by atoms with Crippen molar-refractivity contribution in [2.45, 2.75) is 18.4 Å². The zero-order valence-electron chi connectivity index (χ0n) is 11.2. The molecule has 2 rings (SSSR count). The first-order valence-electron chi connectivity index (χ1n) is 6.05. The molecule has 1 aromatic carbocycles. The number of hydrogen-bond donors (Lipinski definition) is 1. The van der Waals surface area contributed by atoms with Crippen molar-refractivity contribution in [1.29, 1.82) is 0 Å². The minimum absolute atomic E-state index is 0.0208. The van der Waals surface area contributed by atoms with Crippen LogP contribution >= 0.6 is 0 Å². The summed E-state index contributed by atoms with van der Waals surface area (Å²) >= 11 is 0. The maximum absolute atomic E-state index is 13.6. The maximum atomic E-state index is 13.6. The Balaban J connectivity index is 2.33. The number of aryl methyl sites for hydroxylation is 2. The van der Waals surface area contributed by atoms with Crippen LogP contribution in [0.25, 0.3) is 0 Å². The summed E-state index contributed by atoms with van der Waals surface area (Å²) in [6.07, 6.45) is 3.14. The minimum atomic E-state index is -3.72. The molecule has 0 unspecified atom stereocenters. The van der Waals surface area contributed by atoms with E-state index in [0.29, 0.717) is 0 Å². The van der Waals surface area contributed by atoms with Gasteiger partial charge in [0.25, 0.3) is 0 Å². The molecule has 112 valence electrons. The number of sulfone groups is 1. The van der Waals surface area contributed by atoms with Gasteiger partial charge in [-0.25, -0.2) is 17.6 Å². The van der Waals surface area contributed by atoms with Gasteiger partial charge in [-0.15, -0.1) is 0 Å². The van der Waals surface area contributed by atoms with Crippen molar-refractivity contribution in [2.75, 3.05) is 5.75 Å². The molecule has 1 aromatic heterocycles. The van der Waals surface area contributed by atoms with E-state index in [1.165, 1.54) is 17.8 Å². The molecular weight excluding hydrogens is 299 g/mol. The highest BCUT2D eigenvalue weighted by molar-refractivity contribution is 7.91. The zero-order valence-corrected chi connectivity index (χ0v) is 12.0. The number of nitrogens with zero attached hydrogens (tertiary/aromatic N) is 2. The molecule has 0 fully saturated rings. The predicted octanol–water partition coefficient (Wildman–Crippen LogP) is 1.50. The molecule has 8 heteroatoms. The standard InChI is InChI=1S/C13H13FN2O4S/c1-9-7-10(8-11(12(9)14)13(17)18)21(19,20)6-5-16-4-2-3-15-16/h2-4,7-8H,5-6H2,1H3,(H,17,18). The topological polar surface area (TPSA) is 89.3 Å². The Labute approximate surface area is 120 Å². The molecule has 21 heavy (non-hydrogen) atoms. The Bertz CT molecular complexity index is 770. The second kappa shape index (κ2) is 5.65. The van der Waals surface area contributed by atoms with E-state index in [4.69, 9.17) is 5.11 Å². The van der Waals surface area contributed by atoms with Crippen LogP contribution < -0.4 is 0 Å². The van der Waals surface area contributed by atoms with Crippen molar-refractivity contribution < 1.29 is 22.7 Å². The summed E-state index contributed by atoms with van der Waals surface area (Å²) < 4.78 is 39.5. The van der Waals surface area contributed by atoms with Gasteiger partial charge in [-0.05, 0) is 30.7 Å². The van der Waals surface area contributed by atoms with Crippen LogP contribution in [0.15, 0.2) is 35.5 Å². The Kier molecular flexibility index (Phi) is 4.08. The van der Waals surface area contributed by atoms with Gasteiger partial charge in [0.15, 0.2) is 9.84 Å². The second-order valence-electron chi connectivity index (χ2n) is 4.49. The predicted molar refractivity (Wildman–Crippen MR) is 72.4 cm³/mol. The Morgan fingerprint density at radius 2 is 2.14 bits per heavy atom. The molecule has 0 aliphatic heterocycles. The van der Waals surface area contributed by atoms with E-state index in [9.17, 15) is 17.6 Å². The Hall–Kier alpha value is -2.22. The fraction of sp³-hybridized carbons (Fsp3) is 0.231. The third-order valence-electron chi connectivity index (χ3n) is 2.97. The average Bonchev–Trinajstić information content (AvgIpc) is 2.92. The number of hydrogen-bond acceptors (Lipinski definition) is 4. The van der Waals surface area contributed by atoms with Crippen molar-refractivity contribution in [3.8, 4) is 0 Å². The van der Waals surface area contributed by atoms with E-state index in [1.54, 1.807) is 12.3 Å². The SMILES string of the molecule is Cc1cc(S(=O)(=O)CCn2cccn2)cc(C(=O)O)c1F. The highest BCUT2D eigenvalue weighted by Crippen LogP contribution is 2.20. The van der Waals surface area contributed by atoms with Crippen LogP contribution in [0.5, 0.6) is 0 Å². The van der Waals surface area contributed by atoms with Crippen LogP contribution in [-0.2, 0) is 16.4 Å². The van der Waals surface area contributed by atoms with E-state index < -0.39 is 27.2 Å². The molecule has 2 aromatic rings. The van der Waals surface area contributed by atoms with E-state index in [-0.39, 0.29) is 22.8 Å². The van der Waals surface area contributed by atoms with E-state index in [0.717, 1.165) is 12.1 Å². The second-order valence-corrected chi connectivity index (χ2v) is 6.60. The van der Waals surface area contributed by atoms with Gasteiger partial charge in [0.1, 0.15) is 5.82 Å². The lowest BCUT2D eigenvalue weighted by atomic mass is 10.1. The number of benzene rings is 1. The van der Waals surface area contributed by atoms with Gasteiger partial charge in [-0.1, -0.05) is 0 Å². The summed E-state index contributed by atoms with van der Waals surface area (Å²) in [6, 6.07) is 3.65. The van der Waals surface area contributed by atoms with Crippen molar-refractivity contribution in [3.63, 3.8) is 0 Å². The Morgan fingerprint density at radius 1 is 1.43 bits per heavy atom. The number of rotatable bonds is 5. The molecule has 0 aliphatic rings. The molecule has 0 aliphatic carbocycles. The fourth-order valence-electron chi connectivity index (χ4n) is 1.84. The molecule has 0 atom stereocenters. The van der Waals surface area contributed by atoms with Gasteiger partial charge in [-0.2, -0.15) is 5.10 Å². The third-order valence-corrected chi connectivity index (χ3v) is 4.64. The normalized spacial score (nSPS) is 11.5. The number of carboxylic acids is 1. The number of aromatic carboxylic acids is 1. The molecule has 0 spiro atoms. The van der Waals surface area contributed by atoms with E-state index in [2.05, 4.69) is 5.10 Å². The third kappa shape index (κ3) is 3.27. The number of aromatic nitrogens is 2. The van der Waals surface area contributed by atoms with Crippen molar-refractivity contribution in [2.24, 2.45) is 0 Å². The lowest BCUT2D eigenvalue weighted by Gasteiger charge is -2.08. The average molecular weight is 312 g/mol. The molecule has 1 heterocycles. The zero-order chi connectivity index (χ0) is 15.6. The largest absolute Gasteiger partial charge is 0.478 e. The number of halogens is 1. The molecule has 0 bridgehead atoms. The first-order chi connectivity index (χ1) is 9.81. The van der Waals surface area contributed by atoms with Crippen molar-refractivity contribution >= 4 is 15.8 Å². The molecule has 0 amide bonds. The molecule has 1 N–H and O–H groups in total. The van der Waals surface area contributed by atoms with Crippen molar-refractivity contribution in [1.82, 2.24) is 9.78 Å². The van der Waals surface area contributed by atoms with E-state index >= 15 is 0 Å². The molecule has 0 saturated heterocycles. The van der Waals surface area contributed by atoms with E-state index in [1.807, 2.05) is 0 Å². The first kappa shape index (κ1) is 15.2. The fourth-order valence-corrected chi connectivity index (χ4v) is 3.15. The maximum Gasteiger partial charge on any atom is 0.338 e. The van der Waals surface area contributed by atoms with Gasteiger partial charge in [0.2, 0.25) is 0 Å². The minimum Gasteiger partial charge on any atom is -0.478 e. The lowest BCUT2D eigenvalue weighted by Crippen LogP contribution is -2.15. The Morgan fingerprint density at radius 3 is 2.71 bits per heavy atom. The van der Waals surface area contributed by atoms with Gasteiger partial charge >= 0.3 is 5.97 Å². The molecule has 0 saturated carbocycles. The monoisotopic (exact) mass is 312 g/mol.